The molecule has 0 bridgehead atoms. The van der Waals surface area contributed by atoms with Gasteiger partial charge in [0.25, 0.3) is 5.91 Å². The first-order valence-corrected chi connectivity index (χ1v) is 13.8. The molecule has 34 heavy (non-hydrogen) atoms. The maximum atomic E-state index is 13.3. The highest BCUT2D eigenvalue weighted by atomic mass is 32.2. The van der Waals surface area contributed by atoms with Gasteiger partial charge in [0.05, 0.1) is 5.25 Å². The molecular formula is C23H34N4O6S. The Morgan fingerprint density at radius 1 is 1.09 bits per heavy atom. The van der Waals surface area contributed by atoms with E-state index < -0.39 is 44.7 Å². The van der Waals surface area contributed by atoms with Crippen LogP contribution >= 0.6 is 0 Å². The van der Waals surface area contributed by atoms with E-state index in [0.29, 0.717) is 45.1 Å². The Bertz CT molecular complexity index is 991. The smallest absolute Gasteiger partial charge is 0.259 e. The second-order valence-electron chi connectivity index (χ2n) is 9.96. The predicted octanol–water partition coefficient (Wildman–Crippen LogP) is 0.486. The highest BCUT2D eigenvalue weighted by Crippen LogP contribution is 2.46. The van der Waals surface area contributed by atoms with Gasteiger partial charge >= 0.3 is 0 Å². The van der Waals surface area contributed by atoms with E-state index >= 15 is 0 Å². The molecule has 188 valence electrons. The maximum Gasteiger partial charge on any atom is 0.259 e. The number of sulfonamides is 1. The number of nitrogens with one attached hydrogen (secondary N) is 3. The quantitative estimate of drug-likeness (QED) is 0.486. The van der Waals surface area contributed by atoms with Crippen molar-refractivity contribution < 1.29 is 27.6 Å². The van der Waals surface area contributed by atoms with Crippen LogP contribution in [0.5, 0.6) is 0 Å². The maximum absolute atomic E-state index is 13.3. The number of rotatable bonds is 4. The van der Waals surface area contributed by atoms with Crippen LogP contribution in [0.4, 0.5) is 0 Å². The van der Waals surface area contributed by atoms with Crippen molar-refractivity contribution in [2.24, 2.45) is 5.92 Å². The molecule has 4 amide bonds. The first-order valence-electron chi connectivity index (χ1n) is 12.3. The summed E-state index contributed by atoms with van der Waals surface area (Å²) < 4.78 is 27.0. The zero-order valence-electron chi connectivity index (χ0n) is 19.5. The molecule has 10 nitrogen and oxygen atoms in total. The standard InChI is InChI=1S/C23H34N4O6S/c1-15(28)24-18-9-6-4-2-3-5-8-16-14-23(16,22(31)26-34(32,33)17-11-12-17)25-20(29)19-10-7-13-27(19)21(18)30/h5,8,16-19H,2-4,6-7,9-14H2,1H3,(H,24,28)(H,25,29)(H,26,31)/b8-5-/t16-,18+,19+,23-/m1/s1. The van der Waals surface area contributed by atoms with Crippen molar-refractivity contribution >= 4 is 33.7 Å². The van der Waals surface area contributed by atoms with Crippen molar-refractivity contribution in [2.45, 2.75) is 94.0 Å². The van der Waals surface area contributed by atoms with Crippen LogP contribution in [-0.4, -0.2) is 66.4 Å². The summed E-state index contributed by atoms with van der Waals surface area (Å²) in [5, 5.41) is 5.00. The van der Waals surface area contributed by atoms with Crippen molar-refractivity contribution in [1.29, 1.82) is 0 Å². The van der Waals surface area contributed by atoms with Gasteiger partial charge in [-0.1, -0.05) is 25.0 Å². The van der Waals surface area contributed by atoms with Gasteiger partial charge in [-0.3, -0.25) is 23.9 Å². The van der Waals surface area contributed by atoms with Gasteiger partial charge in [-0.15, -0.1) is 0 Å². The van der Waals surface area contributed by atoms with Gasteiger partial charge in [0.15, 0.2) is 0 Å². The van der Waals surface area contributed by atoms with Crippen molar-refractivity contribution in [3.8, 4) is 0 Å². The Labute approximate surface area is 200 Å². The Hall–Kier alpha value is -2.43. The molecule has 4 aliphatic rings. The monoisotopic (exact) mass is 494 g/mol. The molecule has 2 aliphatic carbocycles. The lowest BCUT2D eigenvalue weighted by atomic mass is 10.0. The van der Waals surface area contributed by atoms with Crippen molar-refractivity contribution in [3.63, 3.8) is 0 Å². The van der Waals surface area contributed by atoms with Crippen molar-refractivity contribution in [3.05, 3.63) is 12.2 Å². The predicted molar refractivity (Wildman–Crippen MR) is 124 cm³/mol. The lowest BCUT2D eigenvalue weighted by Crippen LogP contribution is -2.58. The van der Waals surface area contributed by atoms with Crippen LogP contribution in [0, 0.1) is 5.92 Å². The minimum Gasteiger partial charge on any atom is -0.345 e. The second-order valence-corrected chi connectivity index (χ2v) is 11.9. The molecule has 4 rings (SSSR count). The van der Waals surface area contributed by atoms with Gasteiger partial charge in [0.2, 0.25) is 27.7 Å². The topological polar surface area (TPSA) is 142 Å². The van der Waals surface area contributed by atoms with E-state index in [0.717, 1.165) is 25.7 Å². The number of allylic oxidation sites excluding steroid dienone is 1. The molecule has 0 aromatic heterocycles. The zero-order chi connectivity index (χ0) is 24.5. The third-order valence-corrected chi connectivity index (χ3v) is 9.03. The van der Waals surface area contributed by atoms with Gasteiger partial charge in [-0.2, -0.15) is 0 Å². The summed E-state index contributed by atoms with van der Waals surface area (Å²) in [7, 11) is -3.76. The van der Waals surface area contributed by atoms with Crippen LogP contribution in [-0.2, 0) is 29.2 Å². The molecule has 3 fully saturated rings. The lowest BCUT2D eigenvalue weighted by Gasteiger charge is -2.30. The zero-order valence-corrected chi connectivity index (χ0v) is 20.4. The van der Waals surface area contributed by atoms with Gasteiger partial charge in [0.1, 0.15) is 17.6 Å². The third-order valence-electron chi connectivity index (χ3n) is 7.21. The van der Waals surface area contributed by atoms with Gasteiger partial charge in [-0.05, 0) is 51.4 Å². The number of nitrogens with zero attached hydrogens (tertiary/aromatic N) is 1. The van der Waals surface area contributed by atoms with Crippen LogP contribution in [0.25, 0.3) is 0 Å². The molecule has 11 heteroatoms. The summed E-state index contributed by atoms with van der Waals surface area (Å²) >= 11 is 0. The summed E-state index contributed by atoms with van der Waals surface area (Å²) in [4.78, 5) is 52.9. The molecule has 2 aliphatic heterocycles. The summed E-state index contributed by atoms with van der Waals surface area (Å²) in [6.07, 6.45) is 10.1. The molecule has 0 radical (unpaired) electrons. The number of amides is 4. The van der Waals surface area contributed by atoms with E-state index in [1.807, 2.05) is 12.2 Å². The lowest BCUT2D eigenvalue weighted by molar-refractivity contribution is -0.142. The fourth-order valence-corrected chi connectivity index (χ4v) is 6.38. The van der Waals surface area contributed by atoms with Gasteiger partial charge < -0.3 is 15.5 Å². The average Bonchev–Trinajstić information content (AvgIpc) is 3.68. The van der Waals surface area contributed by atoms with Crippen molar-refractivity contribution in [1.82, 2.24) is 20.3 Å². The Morgan fingerprint density at radius 2 is 1.85 bits per heavy atom. The van der Waals surface area contributed by atoms with Crippen LogP contribution < -0.4 is 15.4 Å². The Morgan fingerprint density at radius 3 is 2.56 bits per heavy atom. The van der Waals surface area contributed by atoms with Crippen molar-refractivity contribution in [2.75, 3.05) is 6.54 Å². The summed E-state index contributed by atoms with van der Waals surface area (Å²) in [5.74, 6) is -2.06. The molecule has 2 saturated carbocycles. The summed E-state index contributed by atoms with van der Waals surface area (Å²) in [5.41, 5.74) is -1.33. The van der Waals surface area contributed by atoms with E-state index in [9.17, 15) is 27.6 Å². The van der Waals surface area contributed by atoms with Gasteiger partial charge in [0, 0.05) is 19.4 Å². The van der Waals surface area contributed by atoms with Crippen LogP contribution in [0.3, 0.4) is 0 Å². The molecule has 0 aromatic carbocycles. The third kappa shape index (κ3) is 5.29. The van der Waals surface area contributed by atoms with Crippen LogP contribution in [0.2, 0.25) is 0 Å². The number of fused-ring (bicyclic) bond motifs is 2. The van der Waals surface area contributed by atoms with E-state index in [4.69, 9.17) is 0 Å². The molecule has 2 heterocycles. The largest absolute Gasteiger partial charge is 0.345 e. The highest BCUT2D eigenvalue weighted by molar-refractivity contribution is 7.91. The number of hydrogen-bond donors (Lipinski definition) is 3. The molecule has 1 saturated heterocycles. The molecule has 0 spiro atoms. The van der Waals surface area contributed by atoms with Gasteiger partial charge in [-0.25, -0.2) is 8.42 Å². The molecule has 3 N–H and O–H groups in total. The number of carbonyl (C=O) groups excluding carboxylic acids is 4. The Kier molecular flexibility index (Phi) is 7.02. The molecule has 0 unspecified atom stereocenters. The first-order chi connectivity index (χ1) is 16.1. The second kappa shape index (κ2) is 9.67. The highest BCUT2D eigenvalue weighted by Gasteiger charge is 2.61. The molecular weight excluding hydrogens is 460 g/mol. The normalized spacial score (nSPS) is 33.4. The van der Waals surface area contributed by atoms with E-state index in [1.165, 1.54) is 11.8 Å². The van der Waals surface area contributed by atoms with E-state index in [-0.39, 0.29) is 17.7 Å². The number of hydrogen-bond acceptors (Lipinski definition) is 6. The SMILES string of the molecule is CC(=O)N[C@H]1CCCCC/C=C\[C@@H]2C[C@@]2(C(=O)NS(=O)(=O)C2CC2)NC(=O)[C@@H]2CCCN2C1=O. The average molecular weight is 495 g/mol. The summed E-state index contributed by atoms with van der Waals surface area (Å²) in [6.45, 7) is 1.76. The molecule has 0 aromatic rings. The van der Waals surface area contributed by atoms with Crippen LogP contribution in [0.15, 0.2) is 12.2 Å². The summed E-state index contributed by atoms with van der Waals surface area (Å²) in [6, 6.07) is -1.45. The fraction of sp³-hybridized carbons (Fsp3) is 0.739. The minimum absolute atomic E-state index is 0.289. The first kappa shape index (κ1) is 24.7. The fourth-order valence-electron chi connectivity index (χ4n) is 5.02. The van der Waals surface area contributed by atoms with Crippen LogP contribution in [0.1, 0.15) is 71.1 Å². The minimum atomic E-state index is -3.76. The Balaban J connectivity index is 1.56. The molecule has 4 atom stereocenters. The van der Waals surface area contributed by atoms with E-state index in [2.05, 4.69) is 15.4 Å². The van der Waals surface area contributed by atoms with E-state index in [1.54, 1.807) is 0 Å². The number of carbonyl (C=O) groups is 4.